The molecular weight excluding hydrogens is 242 g/mol. The van der Waals surface area contributed by atoms with E-state index in [-0.39, 0.29) is 6.10 Å². The summed E-state index contributed by atoms with van der Waals surface area (Å²) in [6.07, 6.45) is 0.170. The standard InChI is InChI=1S/C14H19N3O2/c1-17(8-11-10-18-6-7-19-11)9-14-15-12-4-2-3-5-13(12)16-14/h2-5,11H,6-10H2,1H3,(H,15,16)/t11-/m1/s1. The van der Waals surface area contributed by atoms with Crippen LogP contribution in [0.1, 0.15) is 5.82 Å². The summed E-state index contributed by atoms with van der Waals surface area (Å²) in [4.78, 5) is 10.1. The molecule has 0 unspecified atom stereocenters. The largest absolute Gasteiger partial charge is 0.376 e. The lowest BCUT2D eigenvalue weighted by molar-refractivity contribution is -0.0963. The van der Waals surface area contributed by atoms with Crippen molar-refractivity contribution < 1.29 is 9.47 Å². The fourth-order valence-electron chi connectivity index (χ4n) is 2.39. The maximum absolute atomic E-state index is 5.65. The Morgan fingerprint density at radius 3 is 3.05 bits per heavy atom. The van der Waals surface area contributed by atoms with Crippen molar-refractivity contribution in [2.45, 2.75) is 12.6 Å². The molecule has 5 nitrogen and oxygen atoms in total. The average molecular weight is 261 g/mol. The smallest absolute Gasteiger partial charge is 0.121 e. The van der Waals surface area contributed by atoms with Gasteiger partial charge in [0.15, 0.2) is 0 Å². The predicted octanol–water partition coefficient (Wildman–Crippen LogP) is 1.41. The molecule has 0 spiro atoms. The van der Waals surface area contributed by atoms with Gasteiger partial charge in [-0.3, -0.25) is 4.90 Å². The first-order valence-corrected chi connectivity index (χ1v) is 6.63. The van der Waals surface area contributed by atoms with Gasteiger partial charge in [-0.05, 0) is 19.2 Å². The van der Waals surface area contributed by atoms with Crippen molar-refractivity contribution in [1.82, 2.24) is 14.9 Å². The molecule has 0 radical (unpaired) electrons. The lowest BCUT2D eigenvalue weighted by atomic mass is 10.3. The van der Waals surface area contributed by atoms with Crippen molar-refractivity contribution in [2.24, 2.45) is 0 Å². The zero-order chi connectivity index (χ0) is 13.1. The van der Waals surface area contributed by atoms with E-state index in [1.54, 1.807) is 0 Å². The van der Waals surface area contributed by atoms with Crippen LogP contribution in [0.4, 0.5) is 0 Å². The monoisotopic (exact) mass is 261 g/mol. The molecule has 2 heterocycles. The predicted molar refractivity (Wildman–Crippen MR) is 73.0 cm³/mol. The number of H-pyrrole nitrogens is 1. The number of aromatic nitrogens is 2. The van der Waals surface area contributed by atoms with Crippen molar-refractivity contribution in [1.29, 1.82) is 0 Å². The van der Waals surface area contributed by atoms with Crippen LogP contribution >= 0.6 is 0 Å². The minimum atomic E-state index is 0.170. The van der Waals surface area contributed by atoms with E-state index in [0.29, 0.717) is 19.8 Å². The van der Waals surface area contributed by atoms with Gasteiger partial charge in [0.1, 0.15) is 5.82 Å². The number of hydrogen-bond donors (Lipinski definition) is 1. The molecule has 19 heavy (non-hydrogen) atoms. The molecule has 5 heteroatoms. The summed E-state index contributed by atoms with van der Waals surface area (Å²) >= 11 is 0. The second-order valence-electron chi connectivity index (χ2n) is 4.97. The Labute approximate surface area is 112 Å². The van der Waals surface area contributed by atoms with Crippen molar-refractivity contribution in [3.8, 4) is 0 Å². The summed E-state index contributed by atoms with van der Waals surface area (Å²) in [6.45, 7) is 3.74. The third kappa shape index (κ3) is 3.12. The molecule has 1 aliphatic heterocycles. The Morgan fingerprint density at radius 1 is 1.37 bits per heavy atom. The molecule has 1 atom stereocenters. The number of imidazole rings is 1. The molecule has 0 saturated carbocycles. The van der Waals surface area contributed by atoms with Gasteiger partial charge in [0, 0.05) is 6.54 Å². The minimum Gasteiger partial charge on any atom is -0.376 e. The van der Waals surface area contributed by atoms with E-state index < -0.39 is 0 Å². The molecule has 1 aliphatic rings. The average Bonchev–Trinajstić information content (AvgIpc) is 2.81. The van der Waals surface area contributed by atoms with Crippen LogP contribution in [-0.2, 0) is 16.0 Å². The van der Waals surface area contributed by atoms with Crippen molar-refractivity contribution in [3.63, 3.8) is 0 Å². The van der Waals surface area contributed by atoms with Crippen molar-refractivity contribution >= 4 is 11.0 Å². The number of nitrogens with one attached hydrogen (secondary N) is 1. The summed E-state index contributed by atoms with van der Waals surface area (Å²) in [5.41, 5.74) is 2.10. The molecule has 1 saturated heterocycles. The van der Waals surface area contributed by atoms with Crippen LogP contribution in [0, 0.1) is 0 Å². The zero-order valence-corrected chi connectivity index (χ0v) is 11.1. The summed E-state index contributed by atoms with van der Waals surface area (Å²) in [5, 5.41) is 0. The molecule has 2 aromatic rings. The number of fused-ring (bicyclic) bond motifs is 1. The van der Waals surface area contributed by atoms with Gasteiger partial charge in [0.25, 0.3) is 0 Å². The minimum absolute atomic E-state index is 0.170. The maximum atomic E-state index is 5.65. The summed E-state index contributed by atoms with van der Waals surface area (Å²) < 4.78 is 11.1. The lowest BCUT2D eigenvalue weighted by Crippen LogP contribution is -2.38. The van der Waals surface area contributed by atoms with Crippen LogP contribution in [0.25, 0.3) is 11.0 Å². The first-order valence-electron chi connectivity index (χ1n) is 6.63. The van der Waals surface area contributed by atoms with Gasteiger partial charge in [0.2, 0.25) is 0 Å². The molecular formula is C14H19N3O2. The highest BCUT2D eigenvalue weighted by Crippen LogP contribution is 2.12. The molecule has 3 rings (SSSR count). The van der Waals surface area contributed by atoms with Gasteiger partial charge in [-0.2, -0.15) is 0 Å². The first kappa shape index (κ1) is 12.6. The number of nitrogens with zero attached hydrogens (tertiary/aromatic N) is 2. The number of likely N-dealkylation sites (N-methyl/N-ethyl adjacent to an activating group) is 1. The van der Waals surface area contributed by atoms with Gasteiger partial charge < -0.3 is 14.5 Å². The third-order valence-corrected chi connectivity index (χ3v) is 3.26. The van der Waals surface area contributed by atoms with E-state index in [4.69, 9.17) is 9.47 Å². The lowest BCUT2D eigenvalue weighted by Gasteiger charge is -2.26. The fraction of sp³-hybridized carbons (Fsp3) is 0.500. The number of aromatic amines is 1. The fourth-order valence-corrected chi connectivity index (χ4v) is 2.39. The molecule has 0 aliphatic carbocycles. The molecule has 0 bridgehead atoms. The number of ether oxygens (including phenoxy) is 2. The number of hydrogen-bond acceptors (Lipinski definition) is 4. The van der Waals surface area contributed by atoms with Crippen LogP contribution in [0.5, 0.6) is 0 Å². The summed E-state index contributed by atoms with van der Waals surface area (Å²) in [5.74, 6) is 0.987. The van der Waals surface area contributed by atoms with E-state index in [2.05, 4.69) is 21.9 Å². The molecule has 0 amide bonds. The van der Waals surface area contributed by atoms with Crippen molar-refractivity contribution in [2.75, 3.05) is 33.4 Å². The van der Waals surface area contributed by atoms with E-state index in [0.717, 1.165) is 29.9 Å². The Morgan fingerprint density at radius 2 is 2.26 bits per heavy atom. The molecule has 1 aromatic heterocycles. The van der Waals surface area contributed by atoms with Gasteiger partial charge in [0.05, 0.1) is 43.5 Å². The van der Waals surface area contributed by atoms with Crippen LogP contribution in [0.3, 0.4) is 0 Å². The Balaban J connectivity index is 1.60. The van der Waals surface area contributed by atoms with Gasteiger partial charge in [-0.15, -0.1) is 0 Å². The molecule has 1 aromatic carbocycles. The van der Waals surface area contributed by atoms with Gasteiger partial charge in [-0.25, -0.2) is 4.98 Å². The van der Waals surface area contributed by atoms with E-state index in [9.17, 15) is 0 Å². The Bertz CT molecular complexity index is 501. The SMILES string of the molecule is CN(Cc1nc2ccccc2[nH]1)C[C@@H]1COCCO1. The van der Waals surface area contributed by atoms with Crippen LogP contribution < -0.4 is 0 Å². The summed E-state index contributed by atoms with van der Waals surface area (Å²) in [6, 6.07) is 8.09. The topological polar surface area (TPSA) is 50.4 Å². The Kier molecular flexibility index (Phi) is 3.77. The van der Waals surface area contributed by atoms with Crippen molar-refractivity contribution in [3.05, 3.63) is 30.1 Å². The molecule has 102 valence electrons. The highest BCUT2D eigenvalue weighted by molar-refractivity contribution is 5.74. The second kappa shape index (κ2) is 5.69. The van der Waals surface area contributed by atoms with Crippen LogP contribution in [0.2, 0.25) is 0 Å². The van der Waals surface area contributed by atoms with Gasteiger partial charge >= 0.3 is 0 Å². The van der Waals surface area contributed by atoms with Crippen LogP contribution in [0.15, 0.2) is 24.3 Å². The first-order chi connectivity index (χ1) is 9.31. The molecule has 1 fully saturated rings. The Hall–Kier alpha value is -1.43. The van der Waals surface area contributed by atoms with Crippen LogP contribution in [-0.4, -0.2) is 54.4 Å². The highest BCUT2D eigenvalue weighted by Gasteiger charge is 2.17. The third-order valence-electron chi connectivity index (χ3n) is 3.26. The van der Waals surface area contributed by atoms with Gasteiger partial charge in [-0.1, -0.05) is 12.1 Å². The van der Waals surface area contributed by atoms with E-state index in [1.165, 1.54) is 0 Å². The number of benzene rings is 1. The maximum Gasteiger partial charge on any atom is 0.121 e. The normalized spacial score (nSPS) is 20.2. The number of rotatable bonds is 4. The van der Waals surface area contributed by atoms with E-state index in [1.807, 2.05) is 24.3 Å². The highest BCUT2D eigenvalue weighted by atomic mass is 16.6. The zero-order valence-electron chi connectivity index (χ0n) is 11.1. The molecule has 1 N–H and O–H groups in total. The second-order valence-corrected chi connectivity index (χ2v) is 4.97. The van der Waals surface area contributed by atoms with E-state index >= 15 is 0 Å². The quantitative estimate of drug-likeness (QED) is 0.904. The summed E-state index contributed by atoms with van der Waals surface area (Å²) in [7, 11) is 2.07. The number of para-hydroxylation sites is 2.